The SMILES string of the molecule is Cc1ccc(Cc2nc(C(=O)N3CCC(C(=O)O)(C(C)C)C3)cs2)cc1. The van der Waals surface area contributed by atoms with Gasteiger partial charge in [0.1, 0.15) is 5.69 Å². The van der Waals surface area contributed by atoms with E-state index < -0.39 is 11.4 Å². The fraction of sp³-hybridized carbons (Fsp3) is 0.450. The lowest BCUT2D eigenvalue weighted by atomic mass is 9.76. The minimum Gasteiger partial charge on any atom is -0.481 e. The molecule has 1 atom stereocenters. The van der Waals surface area contributed by atoms with Gasteiger partial charge in [0.15, 0.2) is 0 Å². The molecule has 26 heavy (non-hydrogen) atoms. The van der Waals surface area contributed by atoms with Crippen molar-refractivity contribution in [2.24, 2.45) is 11.3 Å². The fourth-order valence-corrected chi connectivity index (χ4v) is 4.23. The molecule has 2 heterocycles. The van der Waals surface area contributed by atoms with Gasteiger partial charge in [-0.3, -0.25) is 9.59 Å². The second-order valence-corrected chi connectivity index (χ2v) is 8.32. The van der Waals surface area contributed by atoms with E-state index in [1.807, 2.05) is 20.8 Å². The predicted molar refractivity (Wildman–Crippen MR) is 102 cm³/mol. The van der Waals surface area contributed by atoms with E-state index in [2.05, 4.69) is 29.2 Å². The van der Waals surface area contributed by atoms with Gasteiger partial charge in [-0.25, -0.2) is 4.98 Å². The number of likely N-dealkylation sites (tertiary alicyclic amines) is 1. The lowest BCUT2D eigenvalue weighted by Gasteiger charge is -2.28. The van der Waals surface area contributed by atoms with Crippen molar-refractivity contribution in [2.45, 2.75) is 33.6 Å². The Morgan fingerprint density at radius 2 is 2.00 bits per heavy atom. The molecule has 2 aromatic rings. The zero-order chi connectivity index (χ0) is 18.9. The van der Waals surface area contributed by atoms with Gasteiger partial charge in [0.2, 0.25) is 0 Å². The van der Waals surface area contributed by atoms with Crippen molar-refractivity contribution in [3.05, 3.63) is 51.5 Å². The lowest BCUT2D eigenvalue weighted by molar-refractivity contribution is -0.150. The molecule has 5 nitrogen and oxygen atoms in total. The van der Waals surface area contributed by atoms with Gasteiger partial charge in [-0.2, -0.15) is 0 Å². The van der Waals surface area contributed by atoms with Gasteiger partial charge in [0, 0.05) is 24.9 Å². The Kier molecular flexibility index (Phi) is 5.14. The highest BCUT2D eigenvalue weighted by Crippen LogP contribution is 2.38. The van der Waals surface area contributed by atoms with Gasteiger partial charge >= 0.3 is 5.97 Å². The first-order valence-corrected chi connectivity index (χ1v) is 9.72. The Hall–Kier alpha value is -2.21. The zero-order valence-corrected chi connectivity index (χ0v) is 16.2. The van der Waals surface area contributed by atoms with Crippen LogP contribution >= 0.6 is 11.3 Å². The van der Waals surface area contributed by atoms with Crippen LogP contribution in [0, 0.1) is 18.3 Å². The van der Waals surface area contributed by atoms with Crippen LogP contribution in [0.3, 0.4) is 0 Å². The van der Waals surface area contributed by atoms with Gasteiger partial charge in [0.05, 0.1) is 10.4 Å². The van der Waals surface area contributed by atoms with E-state index in [0.29, 0.717) is 25.1 Å². The molecule has 1 amide bonds. The fourth-order valence-electron chi connectivity index (χ4n) is 3.43. The minimum atomic E-state index is -0.851. The molecule has 1 aliphatic heterocycles. The van der Waals surface area contributed by atoms with Crippen molar-refractivity contribution < 1.29 is 14.7 Å². The van der Waals surface area contributed by atoms with E-state index >= 15 is 0 Å². The lowest BCUT2D eigenvalue weighted by Crippen LogP contribution is -2.40. The van der Waals surface area contributed by atoms with Crippen LogP contribution in [0.1, 0.15) is 46.9 Å². The molecule has 138 valence electrons. The van der Waals surface area contributed by atoms with E-state index in [9.17, 15) is 14.7 Å². The second kappa shape index (κ2) is 7.19. The standard InChI is InChI=1S/C20H24N2O3S/c1-13(2)20(19(24)25)8-9-22(12-20)18(23)16-11-26-17(21-16)10-15-6-4-14(3)5-7-15/h4-7,11,13H,8-10,12H2,1-3H3,(H,24,25). The molecule has 1 saturated heterocycles. The van der Waals surface area contributed by atoms with Crippen LogP contribution in [0.25, 0.3) is 0 Å². The topological polar surface area (TPSA) is 70.5 Å². The maximum atomic E-state index is 12.8. The third-order valence-electron chi connectivity index (χ3n) is 5.37. The summed E-state index contributed by atoms with van der Waals surface area (Å²) < 4.78 is 0. The number of hydrogen-bond donors (Lipinski definition) is 1. The first-order chi connectivity index (χ1) is 12.3. The number of carboxylic acids is 1. The Labute approximate surface area is 157 Å². The first kappa shape index (κ1) is 18.6. The maximum Gasteiger partial charge on any atom is 0.311 e. The highest BCUT2D eigenvalue weighted by Gasteiger charge is 2.48. The average molecular weight is 372 g/mol. The molecule has 0 aliphatic carbocycles. The number of rotatable bonds is 5. The predicted octanol–water partition coefficient (Wildman–Crippen LogP) is 3.62. The third kappa shape index (κ3) is 3.51. The number of aliphatic carboxylic acids is 1. The Morgan fingerprint density at radius 3 is 2.58 bits per heavy atom. The van der Waals surface area contributed by atoms with E-state index in [0.717, 1.165) is 10.6 Å². The number of thiazole rings is 1. The highest BCUT2D eigenvalue weighted by molar-refractivity contribution is 7.09. The summed E-state index contributed by atoms with van der Waals surface area (Å²) in [5, 5.41) is 12.3. The Balaban J connectivity index is 1.70. The van der Waals surface area contributed by atoms with Crippen LogP contribution < -0.4 is 0 Å². The number of amides is 1. The summed E-state index contributed by atoms with van der Waals surface area (Å²) in [5.74, 6) is -1.01. The van der Waals surface area contributed by atoms with Crippen molar-refractivity contribution >= 4 is 23.2 Å². The van der Waals surface area contributed by atoms with Crippen molar-refractivity contribution in [2.75, 3.05) is 13.1 Å². The number of hydrogen-bond acceptors (Lipinski definition) is 4. The van der Waals surface area contributed by atoms with E-state index in [1.165, 1.54) is 16.9 Å². The summed E-state index contributed by atoms with van der Waals surface area (Å²) >= 11 is 1.47. The molecule has 1 N–H and O–H groups in total. The van der Waals surface area contributed by atoms with Crippen LogP contribution in [-0.2, 0) is 11.2 Å². The molecular weight excluding hydrogens is 348 g/mol. The van der Waals surface area contributed by atoms with Gasteiger partial charge in [0.25, 0.3) is 5.91 Å². The van der Waals surface area contributed by atoms with Crippen molar-refractivity contribution in [3.8, 4) is 0 Å². The number of aryl methyl sites for hydroxylation is 1. The summed E-state index contributed by atoms with van der Waals surface area (Å²) in [7, 11) is 0. The molecule has 1 unspecified atom stereocenters. The van der Waals surface area contributed by atoms with E-state index in [-0.39, 0.29) is 18.4 Å². The molecule has 0 radical (unpaired) electrons. The quantitative estimate of drug-likeness (QED) is 0.870. The smallest absolute Gasteiger partial charge is 0.311 e. The summed E-state index contributed by atoms with van der Waals surface area (Å²) in [4.78, 5) is 30.6. The van der Waals surface area contributed by atoms with Crippen LogP contribution in [0.4, 0.5) is 0 Å². The van der Waals surface area contributed by atoms with Crippen molar-refractivity contribution in [1.82, 2.24) is 9.88 Å². The van der Waals surface area contributed by atoms with Gasteiger partial charge in [-0.1, -0.05) is 43.7 Å². The minimum absolute atomic E-state index is 0.0228. The van der Waals surface area contributed by atoms with E-state index in [4.69, 9.17) is 0 Å². The molecule has 6 heteroatoms. The molecule has 1 aliphatic rings. The molecule has 0 spiro atoms. The van der Waals surface area contributed by atoms with Crippen LogP contribution in [0.15, 0.2) is 29.6 Å². The van der Waals surface area contributed by atoms with Crippen molar-refractivity contribution in [3.63, 3.8) is 0 Å². The van der Waals surface area contributed by atoms with Crippen molar-refractivity contribution in [1.29, 1.82) is 0 Å². The van der Waals surface area contributed by atoms with Gasteiger partial charge in [-0.05, 0) is 24.8 Å². The van der Waals surface area contributed by atoms with Crippen LogP contribution in [0.2, 0.25) is 0 Å². The third-order valence-corrected chi connectivity index (χ3v) is 6.21. The Bertz CT molecular complexity index is 813. The summed E-state index contributed by atoms with van der Waals surface area (Å²) in [6.07, 6.45) is 1.19. The summed E-state index contributed by atoms with van der Waals surface area (Å²) in [5.41, 5.74) is 1.94. The van der Waals surface area contributed by atoms with Crippen LogP contribution in [-0.4, -0.2) is 40.0 Å². The highest BCUT2D eigenvalue weighted by atomic mass is 32.1. The number of carboxylic acid groups (broad SMARTS) is 1. The van der Waals surface area contributed by atoms with E-state index in [1.54, 1.807) is 10.3 Å². The number of carbonyl (C=O) groups excluding carboxylic acids is 1. The number of nitrogens with zero attached hydrogens (tertiary/aromatic N) is 2. The average Bonchev–Trinajstić information content (AvgIpc) is 3.24. The largest absolute Gasteiger partial charge is 0.481 e. The normalized spacial score (nSPS) is 19.9. The Morgan fingerprint density at radius 1 is 1.31 bits per heavy atom. The molecule has 0 bridgehead atoms. The van der Waals surface area contributed by atoms with Gasteiger partial charge in [-0.15, -0.1) is 11.3 Å². The zero-order valence-electron chi connectivity index (χ0n) is 15.4. The molecule has 1 fully saturated rings. The second-order valence-electron chi connectivity index (χ2n) is 7.38. The first-order valence-electron chi connectivity index (χ1n) is 8.84. The van der Waals surface area contributed by atoms with Gasteiger partial charge < -0.3 is 10.0 Å². The molecule has 3 rings (SSSR count). The monoisotopic (exact) mass is 372 g/mol. The maximum absolute atomic E-state index is 12.8. The molecular formula is C20H24N2O3S. The molecule has 1 aromatic heterocycles. The summed E-state index contributed by atoms with van der Waals surface area (Å²) in [6, 6.07) is 8.28. The molecule has 1 aromatic carbocycles. The summed E-state index contributed by atoms with van der Waals surface area (Å²) in [6.45, 7) is 6.58. The number of carbonyl (C=O) groups is 2. The number of benzene rings is 1. The van der Waals surface area contributed by atoms with Crippen LogP contribution in [0.5, 0.6) is 0 Å². The molecule has 0 saturated carbocycles. The number of aromatic nitrogens is 1.